The largest absolute Gasteiger partial charge is 0.489 e. The number of carbonyl (C=O) groups is 1. The molecule has 0 aromatic heterocycles. The Morgan fingerprint density at radius 3 is 2.38 bits per heavy atom. The molecule has 0 spiro atoms. The molecule has 3 aromatic carbocycles. The van der Waals surface area contributed by atoms with Gasteiger partial charge in [0.25, 0.3) is 5.91 Å². The van der Waals surface area contributed by atoms with Gasteiger partial charge in [0.1, 0.15) is 12.4 Å². The molecule has 0 unspecified atom stereocenters. The van der Waals surface area contributed by atoms with Gasteiger partial charge in [-0.3, -0.25) is 4.79 Å². The first kappa shape index (κ1) is 20.3. The van der Waals surface area contributed by atoms with E-state index >= 15 is 0 Å². The van der Waals surface area contributed by atoms with E-state index in [0.29, 0.717) is 12.2 Å². The third-order valence-electron chi connectivity index (χ3n) is 4.50. The summed E-state index contributed by atoms with van der Waals surface area (Å²) in [6.45, 7) is 6.93. The standard InChI is InChI=1S/C25H26N2O2/c1-25(2,3)22-14-12-21(13-15-22)24(28)27-26-17-20-10-7-11-23(16-20)29-18-19-8-5-4-6-9-19/h4-17H,18H2,1-3H3,(H,27,28)/b26-17-. The number of amides is 1. The number of hydrazone groups is 1. The maximum atomic E-state index is 12.3. The van der Waals surface area contributed by atoms with Crippen LogP contribution in [0.2, 0.25) is 0 Å². The van der Waals surface area contributed by atoms with Crippen molar-refractivity contribution in [2.75, 3.05) is 0 Å². The van der Waals surface area contributed by atoms with Crippen molar-refractivity contribution in [2.24, 2.45) is 5.10 Å². The number of hydrogen-bond donors (Lipinski definition) is 1. The van der Waals surface area contributed by atoms with Crippen molar-refractivity contribution in [2.45, 2.75) is 32.8 Å². The second kappa shape index (κ2) is 9.20. The summed E-state index contributed by atoms with van der Waals surface area (Å²) in [5, 5.41) is 4.07. The van der Waals surface area contributed by atoms with E-state index in [-0.39, 0.29) is 11.3 Å². The maximum Gasteiger partial charge on any atom is 0.271 e. The maximum absolute atomic E-state index is 12.3. The molecule has 0 atom stereocenters. The van der Waals surface area contributed by atoms with Crippen molar-refractivity contribution in [1.82, 2.24) is 5.43 Å². The van der Waals surface area contributed by atoms with Gasteiger partial charge in [0.15, 0.2) is 0 Å². The van der Waals surface area contributed by atoms with Gasteiger partial charge in [-0.25, -0.2) is 5.43 Å². The first-order valence-corrected chi connectivity index (χ1v) is 9.62. The summed E-state index contributed by atoms with van der Waals surface area (Å²) in [7, 11) is 0. The zero-order chi connectivity index (χ0) is 20.7. The molecule has 0 saturated heterocycles. The molecule has 0 aliphatic heterocycles. The summed E-state index contributed by atoms with van der Waals surface area (Å²) >= 11 is 0. The van der Waals surface area contributed by atoms with E-state index in [1.807, 2.05) is 78.9 Å². The fraction of sp³-hybridized carbons (Fsp3) is 0.200. The molecule has 0 heterocycles. The third-order valence-corrected chi connectivity index (χ3v) is 4.50. The van der Waals surface area contributed by atoms with Crippen LogP contribution < -0.4 is 10.2 Å². The van der Waals surface area contributed by atoms with Crippen LogP contribution in [0, 0.1) is 0 Å². The molecule has 0 radical (unpaired) electrons. The Labute approximate surface area is 172 Å². The second-order valence-electron chi connectivity index (χ2n) is 7.87. The van der Waals surface area contributed by atoms with Crippen molar-refractivity contribution in [3.8, 4) is 5.75 Å². The number of carbonyl (C=O) groups excluding carboxylic acids is 1. The molecule has 29 heavy (non-hydrogen) atoms. The quantitative estimate of drug-likeness (QED) is 0.460. The van der Waals surface area contributed by atoms with Crippen LogP contribution in [0.3, 0.4) is 0 Å². The van der Waals surface area contributed by atoms with E-state index < -0.39 is 0 Å². The van der Waals surface area contributed by atoms with Gasteiger partial charge in [0, 0.05) is 5.56 Å². The van der Waals surface area contributed by atoms with Crippen LogP contribution in [0.15, 0.2) is 84.0 Å². The van der Waals surface area contributed by atoms with Crippen LogP contribution in [0.25, 0.3) is 0 Å². The van der Waals surface area contributed by atoms with Crippen LogP contribution in [0.1, 0.15) is 47.8 Å². The predicted molar refractivity (Wildman–Crippen MR) is 117 cm³/mol. The third kappa shape index (κ3) is 6.04. The SMILES string of the molecule is CC(C)(C)c1ccc(C(=O)N/N=C\c2cccc(OCc3ccccc3)c2)cc1. The van der Waals surface area contributed by atoms with Crippen molar-refractivity contribution in [3.63, 3.8) is 0 Å². The van der Waals surface area contributed by atoms with Crippen LogP contribution in [-0.4, -0.2) is 12.1 Å². The Bertz CT molecular complexity index is 972. The summed E-state index contributed by atoms with van der Waals surface area (Å²) in [6, 6.07) is 25.2. The molecule has 0 bridgehead atoms. The molecule has 3 aromatic rings. The fourth-order valence-corrected chi connectivity index (χ4v) is 2.78. The van der Waals surface area contributed by atoms with E-state index in [1.54, 1.807) is 6.21 Å². The summed E-state index contributed by atoms with van der Waals surface area (Å²) in [5.74, 6) is 0.514. The Kier molecular flexibility index (Phi) is 6.45. The predicted octanol–water partition coefficient (Wildman–Crippen LogP) is 5.33. The second-order valence-corrected chi connectivity index (χ2v) is 7.87. The summed E-state index contributed by atoms with van der Waals surface area (Å²) in [6.07, 6.45) is 1.61. The zero-order valence-electron chi connectivity index (χ0n) is 17.1. The number of ether oxygens (including phenoxy) is 1. The van der Waals surface area contributed by atoms with E-state index in [4.69, 9.17) is 4.74 Å². The Morgan fingerprint density at radius 2 is 1.69 bits per heavy atom. The fourth-order valence-electron chi connectivity index (χ4n) is 2.78. The first-order chi connectivity index (χ1) is 13.9. The molecule has 3 rings (SSSR count). The molecule has 0 fully saturated rings. The lowest BCUT2D eigenvalue weighted by molar-refractivity contribution is 0.0955. The highest BCUT2D eigenvalue weighted by Crippen LogP contribution is 2.22. The molecule has 1 N–H and O–H groups in total. The van der Waals surface area contributed by atoms with Gasteiger partial charge in [0.05, 0.1) is 6.21 Å². The van der Waals surface area contributed by atoms with E-state index in [1.165, 1.54) is 5.56 Å². The normalized spacial score (nSPS) is 11.4. The highest BCUT2D eigenvalue weighted by Gasteiger charge is 2.14. The van der Waals surface area contributed by atoms with Gasteiger partial charge in [-0.1, -0.05) is 75.4 Å². The molecular weight excluding hydrogens is 360 g/mol. The molecule has 0 aliphatic carbocycles. The van der Waals surface area contributed by atoms with Crippen LogP contribution >= 0.6 is 0 Å². The van der Waals surface area contributed by atoms with Gasteiger partial charge < -0.3 is 4.74 Å². The van der Waals surface area contributed by atoms with E-state index in [0.717, 1.165) is 16.9 Å². The minimum atomic E-state index is -0.238. The van der Waals surface area contributed by atoms with Gasteiger partial charge in [-0.05, 0) is 46.4 Å². The van der Waals surface area contributed by atoms with Crippen LogP contribution in [-0.2, 0) is 12.0 Å². The van der Waals surface area contributed by atoms with Crippen molar-refractivity contribution in [1.29, 1.82) is 0 Å². The number of benzene rings is 3. The average molecular weight is 386 g/mol. The monoisotopic (exact) mass is 386 g/mol. The molecule has 0 aliphatic rings. The van der Waals surface area contributed by atoms with Gasteiger partial charge in [-0.2, -0.15) is 5.10 Å². The van der Waals surface area contributed by atoms with Crippen LogP contribution in [0.5, 0.6) is 5.75 Å². The zero-order valence-corrected chi connectivity index (χ0v) is 17.1. The average Bonchev–Trinajstić information content (AvgIpc) is 2.73. The van der Waals surface area contributed by atoms with Gasteiger partial charge in [-0.15, -0.1) is 0 Å². The number of hydrogen-bond acceptors (Lipinski definition) is 3. The highest BCUT2D eigenvalue weighted by molar-refractivity contribution is 5.94. The molecule has 1 amide bonds. The minimum Gasteiger partial charge on any atom is -0.489 e. The topological polar surface area (TPSA) is 50.7 Å². The molecular formula is C25H26N2O2. The number of rotatable bonds is 6. The van der Waals surface area contributed by atoms with Gasteiger partial charge in [0.2, 0.25) is 0 Å². The summed E-state index contributed by atoms with van der Waals surface area (Å²) in [4.78, 5) is 12.3. The number of nitrogens with one attached hydrogen (secondary N) is 1. The molecule has 4 heteroatoms. The Hall–Kier alpha value is -3.40. The lowest BCUT2D eigenvalue weighted by Gasteiger charge is -2.18. The lowest BCUT2D eigenvalue weighted by Crippen LogP contribution is -2.18. The lowest BCUT2D eigenvalue weighted by atomic mass is 9.87. The minimum absolute atomic E-state index is 0.0563. The van der Waals surface area contributed by atoms with Crippen molar-refractivity contribution in [3.05, 3.63) is 101 Å². The molecule has 4 nitrogen and oxygen atoms in total. The molecule has 148 valence electrons. The van der Waals surface area contributed by atoms with E-state index in [2.05, 4.69) is 31.3 Å². The van der Waals surface area contributed by atoms with E-state index in [9.17, 15) is 4.79 Å². The van der Waals surface area contributed by atoms with Crippen LogP contribution in [0.4, 0.5) is 0 Å². The summed E-state index contributed by atoms with van der Waals surface area (Å²) in [5.41, 5.74) is 6.35. The Morgan fingerprint density at radius 1 is 0.966 bits per heavy atom. The highest BCUT2D eigenvalue weighted by atomic mass is 16.5. The first-order valence-electron chi connectivity index (χ1n) is 9.62. The van der Waals surface area contributed by atoms with Gasteiger partial charge >= 0.3 is 0 Å². The Balaban J connectivity index is 1.56. The summed E-state index contributed by atoms with van der Waals surface area (Å²) < 4.78 is 5.82. The smallest absolute Gasteiger partial charge is 0.271 e. The molecule has 0 saturated carbocycles. The van der Waals surface area contributed by atoms with Crippen molar-refractivity contribution < 1.29 is 9.53 Å². The number of nitrogens with zero attached hydrogens (tertiary/aromatic N) is 1. The van der Waals surface area contributed by atoms with Crippen molar-refractivity contribution >= 4 is 12.1 Å².